The molecule has 5 rings (SSSR count). The van der Waals surface area contributed by atoms with Crippen LogP contribution in [0.4, 0.5) is 11.4 Å². The highest BCUT2D eigenvalue weighted by Crippen LogP contribution is 2.45. The largest absolute Gasteiger partial charge is 0.465 e. The summed E-state index contributed by atoms with van der Waals surface area (Å²) in [4.78, 5) is 31.7. The number of anilines is 2. The molecule has 8 nitrogen and oxygen atoms in total. The molecule has 1 amide bonds. The van der Waals surface area contributed by atoms with Crippen LogP contribution in [-0.2, 0) is 9.53 Å². The molecule has 10 heteroatoms. The van der Waals surface area contributed by atoms with Gasteiger partial charge in [0.1, 0.15) is 0 Å². The molecule has 2 atom stereocenters. The van der Waals surface area contributed by atoms with Gasteiger partial charge < -0.3 is 24.8 Å². The fourth-order valence-electron chi connectivity index (χ4n) is 5.39. The maximum Gasteiger partial charge on any atom is 0.339 e. The predicted molar refractivity (Wildman–Crippen MR) is 169 cm³/mol. The molecule has 1 aliphatic heterocycles. The van der Waals surface area contributed by atoms with E-state index in [1.165, 1.54) is 7.11 Å². The second-order valence-electron chi connectivity index (χ2n) is 10.5. The first-order chi connectivity index (χ1) is 20.1. The van der Waals surface area contributed by atoms with Gasteiger partial charge in [-0.25, -0.2) is 4.79 Å². The number of nitrogens with zero attached hydrogens (tertiary/aromatic N) is 3. The number of hydrogen-bond donors (Lipinski definition) is 2. The molecule has 3 heterocycles. The number of esters is 1. The maximum atomic E-state index is 12.7. The lowest BCUT2D eigenvalue weighted by Gasteiger charge is -2.28. The number of thiocarbonyl (C=S) groups is 1. The van der Waals surface area contributed by atoms with Gasteiger partial charge in [-0.2, -0.15) is 0 Å². The van der Waals surface area contributed by atoms with Crippen molar-refractivity contribution >= 4 is 52.2 Å². The molecule has 1 aliphatic rings. The van der Waals surface area contributed by atoms with E-state index in [-0.39, 0.29) is 23.9 Å². The summed E-state index contributed by atoms with van der Waals surface area (Å²) in [6.07, 6.45) is 1.76. The SMILES string of the molecule is COC(=O)c1ccccc1-n1c(C)cc([C@@H]2[C@H](c3ccccn3)NC(=S)N2c2ccc(NC(=O)C(C)C)c(Cl)c2)c1C. The lowest BCUT2D eigenvalue weighted by Crippen LogP contribution is -2.29. The predicted octanol–water partition coefficient (Wildman–Crippen LogP) is 6.70. The highest BCUT2D eigenvalue weighted by atomic mass is 35.5. The summed E-state index contributed by atoms with van der Waals surface area (Å²) < 4.78 is 7.14. The fraction of sp³-hybridized carbons (Fsp3) is 0.250. The average molecular weight is 602 g/mol. The second-order valence-corrected chi connectivity index (χ2v) is 11.3. The van der Waals surface area contributed by atoms with Crippen LogP contribution in [0.3, 0.4) is 0 Å². The summed E-state index contributed by atoms with van der Waals surface area (Å²) in [7, 11) is 1.38. The van der Waals surface area contributed by atoms with Gasteiger partial charge in [0.05, 0.1) is 46.8 Å². The molecular formula is C32H32ClN5O3S. The van der Waals surface area contributed by atoms with Crippen LogP contribution in [0, 0.1) is 19.8 Å². The number of para-hydroxylation sites is 1. The monoisotopic (exact) mass is 601 g/mol. The Morgan fingerprint density at radius 1 is 1.07 bits per heavy atom. The van der Waals surface area contributed by atoms with Gasteiger partial charge in [0.25, 0.3) is 0 Å². The van der Waals surface area contributed by atoms with Crippen molar-refractivity contribution in [3.8, 4) is 5.69 Å². The number of aromatic nitrogens is 2. The Hall–Kier alpha value is -4.21. The normalized spacial score (nSPS) is 16.5. The number of nitrogens with one attached hydrogen (secondary N) is 2. The van der Waals surface area contributed by atoms with Crippen LogP contribution >= 0.6 is 23.8 Å². The van der Waals surface area contributed by atoms with Crippen LogP contribution in [0.15, 0.2) is 72.9 Å². The first-order valence-electron chi connectivity index (χ1n) is 13.6. The van der Waals surface area contributed by atoms with Crippen LogP contribution in [-0.4, -0.2) is 33.6 Å². The molecule has 1 saturated heterocycles. The van der Waals surface area contributed by atoms with Crippen LogP contribution in [0.1, 0.15) is 58.9 Å². The van der Waals surface area contributed by atoms with E-state index in [9.17, 15) is 9.59 Å². The van der Waals surface area contributed by atoms with Crippen LogP contribution in [0.25, 0.3) is 5.69 Å². The summed E-state index contributed by atoms with van der Waals surface area (Å²) in [5.41, 5.74) is 6.23. The summed E-state index contributed by atoms with van der Waals surface area (Å²) in [6, 6.07) is 20.2. The molecule has 0 aliphatic carbocycles. The van der Waals surface area contributed by atoms with Crippen molar-refractivity contribution in [3.63, 3.8) is 0 Å². The van der Waals surface area contributed by atoms with Gasteiger partial charge in [-0.1, -0.05) is 43.6 Å². The van der Waals surface area contributed by atoms with Crippen LogP contribution < -0.4 is 15.5 Å². The number of pyridine rings is 1. The molecule has 2 aromatic carbocycles. The Labute approximate surface area is 255 Å². The van der Waals surface area contributed by atoms with Crippen molar-refractivity contribution in [1.29, 1.82) is 0 Å². The molecule has 0 spiro atoms. The number of methoxy groups -OCH3 is 1. The maximum absolute atomic E-state index is 12.7. The Morgan fingerprint density at radius 2 is 1.81 bits per heavy atom. The molecule has 0 bridgehead atoms. The number of benzene rings is 2. The Morgan fingerprint density at radius 3 is 2.48 bits per heavy atom. The molecule has 2 N–H and O–H groups in total. The highest BCUT2D eigenvalue weighted by Gasteiger charge is 2.42. The number of halogens is 1. The van der Waals surface area contributed by atoms with E-state index in [1.807, 2.05) is 81.1 Å². The highest BCUT2D eigenvalue weighted by molar-refractivity contribution is 7.80. The summed E-state index contributed by atoms with van der Waals surface area (Å²) in [5, 5.41) is 7.29. The zero-order chi connectivity index (χ0) is 30.1. The molecule has 2 aromatic heterocycles. The number of rotatable bonds is 7. The number of aryl methyl sites for hydroxylation is 1. The van der Waals surface area contributed by atoms with E-state index in [4.69, 9.17) is 28.6 Å². The summed E-state index contributed by atoms with van der Waals surface area (Å²) in [5.74, 6) is -0.703. The molecule has 4 aromatic rings. The molecule has 0 saturated carbocycles. The Bertz CT molecular complexity index is 1670. The fourth-order valence-corrected chi connectivity index (χ4v) is 5.96. The molecule has 0 unspecified atom stereocenters. The molecule has 42 heavy (non-hydrogen) atoms. The number of ether oxygens (including phenoxy) is 1. The van der Waals surface area contributed by atoms with E-state index in [0.29, 0.717) is 21.4 Å². The molecule has 216 valence electrons. The van der Waals surface area contributed by atoms with E-state index < -0.39 is 5.97 Å². The minimum atomic E-state index is -0.407. The van der Waals surface area contributed by atoms with E-state index >= 15 is 0 Å². The van der Waals surface area contributed by atoms with Crippen molar-refractivity contribution < 1.29 is 14.3 Å². The number of carbonyl (C=O) groups excluding carboxylic acids is 2. The summed E-state index contributed by atoms with van der Waals surface area (Å²) in [6.45, 7) is 7.69. The zero-order valence-corrected chi connectivity index (χ0v) is 25.6. The van der Waals surface area contributed by atoms with Crippen molar-refractivity contribution in [1.82, 2.24) is 14.9 Å². The van der Waals surface area contributed by atoms with Crippen LogP contribution in [0.2, 0.25) is 5.02 Å². The van der Waals surface area contributed by atoms with Crippen LogP contribution in [0.5, 0.6) is 0 Å². The minimum Gasteiger partial charge on any atom is -0.465 e. The molecule has 0 radical (unpaired) electrons. The zero-order valence-electron chi connectivity index (χ0n) is 24.0. The van der Waals surface area contributed by atoms with Crippen molar-refractivity contribution in [2.24, 2.45) is 5.92 Å². The smallest absolute Gasteiger partial charge is 0.339 e. The lowest BCUT2D eigenvalue weighted by molar-refractivity contribution is -0.118. The quantitative estimate of drug-likeness (QED) is 0.180. The van der Waals surface area contributed by atoms with Gasteiger partial charge in [-0.3, -0.25) is 9.78 Å². The minimum absolute atomic E-state index is 0.115. The first kappa shape index (κ1) is 29.3. The first-order valence-corrected chi connectivity index (χ1v) is 14.4. The average Bonchev–Trinajstić information content (AvgIpc) is 3.48. The van der Waals surface area contributed by atoms with E-state index in [2.05, 4.69) is 26.3 Å². The standard InChI is InChI=1S/C32H32ClN5O3S/c1-18(2)30(39)35-25-14-13-21(17-24(25)33)38-29(28(36-32(38)42)26-11-8-9-15-34-26)23-16-19(3)37(20(23)4)27-12-7-6-10-22(27)31(40)41-5/h6-18,28-29H,1-5H3,(H,35,39)(H,36,42)/t28-,29+/m0/s1. The molecule has 1 fully saturated rings. The van der Waals surface area contributed by atoms with E-state index in [1.54, 1.807) is 18.3 Å². The van der Waals surface area contributed by atoms with Crippen molar-refractivity contribution in [2.45, 2.75) is 39.8 Å². The third kappa shape index (κ3) is 5.37. The van der Waals surface area contributed by atoms with Crippen molar-refractivity contribution in [3.05, 3.63) is 106 Å². The third-order valence-electron chi connectivity index (χ3n) is 7.45. The Balaban J connectivity index is 1.64. The Kier molecular flexibility index (Phi) is 8.34. The lowest BCUT2D eigenvalue weighted by atomic mass is 9.96. The topological polar surface area (TPSA) is 88.5 Å². The van der Waals surface area contributed by atoms with Gasteiger partial charge in [0, 0.05) is 29.2 Å². The van der Waals surface area contributed by atoms with Gasteiger partial charge in [0.15, 0.2) is 5.11 Å². The summed E-state index contributed by atoms with van der Waals surface area (Å²) >= 11 is 12.6. The van der Waals surface area contributed by atoms with Crippen molar-refractivity contribution in [2.75, 3.05) is 17.3 Å². The van der Waals surface area contributed by atoms with Gasteiger partial charge in [0.2, 0.25) is 5.91 Å². The third-order valence-corrected chi connectivity index (χ3v) is 8.08. The number of amides is 1. The van der Waals surface area contributed by atoms with Gasteiger partial charge >= 0.3 is 5.97 Å². The van der Waals surface area contributed by atoms with Gasteiger partial charge in [-0.15, -0.1) is 0 Å². The van der Waals surface area contributed by atoms with Gasteiger partial charge in [-0.05, 0) is 80.2 Å². The van der Waals surface area contributed by atoms with E-state index in [0.717, 1.165) is 34.0 Å². The number of carbonyl (C=O) groups is 2. The molecular weight excluding hydrogens is 570 g/mol. The second kappa shape index (κ2) is 12.0. The number of hydrogen-bond acceptors (Lipinski definition) is 5.